The monoisotopic (exact) mass is 678 g/mol. The zero-order chi connectivity index (χ0) is 30.0. The first-order valence-corrected chi connectivity index (χ1v) is 15.8. The van der Waals surface area contributed by atoms with E-state index >= 15 is 0 Å². The molecule has 0 aliphatic rings. The minimum atomic E-state index is -5.46. The number of hydrogen-bond donors (Lipinski definition) is 4. The Morgan fingerprint density at radius 3 is 1.74 bits per heavy atom. The first-order valence-electron chi connectivity index (χ1n) is 10.1. The topological polar surface area (TPSA) is 288 Å². The normalized spacial score (nSPS) is 12.8. The Kier molecular flexibility index (Phi) is 10.7. The second kappa shape index (κ2) is 12.3. The van der Waals surface area contributed by atoms with Gasteiger partial charge in [-0.1, -0.05) is 6.07 Å². The molecule has 22 heteroatoms. The van der Waals surface area contributed by atoms with Crippen molar-refractivity contribution in [3.63, 3.8) is 0 Å². The predicted octanol–water partition coefficient (Wildman–Crippen LogP) is -3.87. The van der Waals surface area contributed by atoms with Crippen LogP contribution in [0.1, 0.15) is 0 Å². The Balaban J connectivity index is 0.00000308. The molecule has 0 spiro atoms. The summed E-state index contributed by atoms with van der Waals surface area (Å²) in [5.74, 6) is -2.14. The third-order valence-corrected chi connectivity index (χ3v) is 8.76. The van der Waals surface area contributed by atoms with Crippen LogP contribution in [0.2, 0.25) is 0 Å². The van der Waals surface area contributed by atoms with Crippen molar-refractivity contribution in [2.75, 3.05) is 0 Å². The van der Waals surface area contributed by atoms with Gasteiger partial charge in [-0.05, 0) is 53.2 Å². The Labute approximate surface area is 281 Å². The van der Waals surface area contributed by atoms with E-state index in [9.17, 15) is 62.1 Å². The van der Waals surface area contributed by atoms with Gasteiger partial charge in [-0.3, -0.25) is 9.11 Å². The zero-order valence-electron chi connectivity index (χ0n) is 21.0. The maximum Gasteiger partial charge on any atom is 1.00 e. The van der Waals surface area contributed by atoms with Crippen LogP contribution in [0.4, 0.5) is 11.4 Å². The van der Waals surface area contributed by atoms with Crippen molar-refractivity contribution in [3.8, 4) is 11.5 Å². The summed E-state index contributed by atoms with van der Waals surface area (Å²) in [5, 5.41) is 26.4. The van der Waals surface area contributed by atoms with Gasteiger partial charge in [0.25, 0.3) is 20.2 Å². The van der Waals surface area contributed by atoms with Gasteiger partial charge in [0.2, 0.25) is 0 Å². The molecule has 0 amide bonds. The van der Waals surface area contributed by atoms with Crippen LogP contribution in [0, 0.1) is 0 Å². The predicted molar refractivity (Wildman–Crippen MR) is 131 cm³/mol. The minimum absolute atomic E-state index is 0. The fourth-order valence-electron chi connectivity index (χ4n) is 3.69. The van der Waals surface area contributed by atoms with Crippen molar-refractivity contribution in [2.24, 2.45) is 10.2 Å². The number of azo groups is 1. The van der Waals surface area contributed by atoms with E-state index in [2.05, 4.69) is 10.2 Å². The molecule has 16 nitrogen and oxygen atoms in total. The number of nitrogens with zero attached hydrogens (tertiary/aromatic N) is 2. The summed E-state index contributed by atoms with van der Waals surface area (Å²) >= 11 is 0. The molecule has 0 aliphatic heterocycles. The summed E-state index contributed by atoms with van der Waals surface area (Å²) in [6.07, 6.45) is 0. The molecule has 0 unspecified atom stereocenters. The van der Waals surface area contributed by atoms with Crippen LogP contribution in [0.3, 0.4) is 0 Å². The quantitative estimate of drug-likeness (QED) is 0.0862. The molecule has 0 fully saturated rings. The first kappa shape index (κ1) is 36.4. The number of benzene rings is 4. The van der Waals surface area contributed by atoms with Crippen LogP contribution >= 0.6 is 0 Å². The second-order valence-corrected chi connectivity index (χ2v) is 13.5. The van der Waals surface area contributed by atoms with Gasteiger partial charge in [0, 0.05) is 5.39 Å². The Hall–Kier alpha value is -1.76. The van der Waals surface area contributed by atoms with Crippen LogP contribution < -0.4 is 59.1 Å². The summed E-state index contributed by atoms with van der Waals surface area (Å²) in [5.41, 5.74) is -1.31. The summed E-state index contributed by atoms with van der Waals surface area (Å²) in [7, 11) is -20.6. The first-order chi connectivity index (χ1) is 18.2. The molecule has 0 saturated heterocycles. The summed E-state index contributed by atoms with van der Waals surface area (Å²) in [4.78, 5) is -4.05. The largest absolute Gasteiger partial charge is 1.00 e. The van der Waals surface area contributed by atoms with Gasteiger partial charge in [-0.2, -0.15) is 21.9 Å². The van der Waals surface area contributed by atoms with E-state index in [0.29, 0.717) is 24.3 Å². The maximum atomic E-state index is 11.9. The molecular formula is C20H12N2Na2O14S4. The smallest absolute Gasteiger partial charge is 0.744 e. The average molecular weight is 679 g/mol. The van der Waals surface area contributed by atoms with E-state index in [1.54, 1.807) is 0 Å². The molecule has 0 heterocycles. The molecule has 4 aromatic carbocycles. The Morgan fingerprint density at radius 2 is 1.21 bits per heavy atom. The van der Waals surface area contributed by atoms with Gasteiger partial charge in [-0.15, -0.1) is 5.11 Å². The Morgan fingerprint density at radius 1 is 0.619 bits per heavy atom. The van der Waals surface area contributed by atoms with Gasteiger partial charge in [-0.25, -0.2) is 16.8 Å². The van der Waals surface area contributed by atoms with E-state index in [0.717, 1.165) is 24.3 Å². The fraction of sp³-hybridized carbons (Fsp3) is 0. The number of fused-ring (bicyclic) bond motifs is 2. The SMILES string of the molecule is O=S(=O)([O-])c1cc(O)c2c(O)c(N=Nc3ccc4cc(S(=O)(=O)O)cc(S(=O)(=O)O)c4c3)c(S(=O)(=O)[O-])cc2c1.[Na+].[Na+]. The molecule has 4 N–H and O–H groups in total. The van der Waals surface area contributed by atoms with Gasteiger partial charge in [0.05, 0.1) is 25.8 Å². The molecule has 0 aliphatic carbocycles. The van der Waals surface area contributed by atoms with Crippen molar-refractivity contribution >= 4 is 73.4 Å². The average Bonchev–Trinajstić information content (AvgIpc) is 2.79. The van der Waals surface area contributed by atoms with Crippen LogP contribution in [-0.4, -0.2) is 62.1 Å². The van der Waals surface area contributed by atoms with E-state index < -0.39 is 88.0 Å². The van der Waals surface area contributed by atoms with E-state index in [1.165, 1.54) is 0 Å². The van der Waals surface area contributed by atoms with E-state index in [1.807, 2.05) is 0 Å². The fourth-order valence-corrected chi connectivity index (χ4v) is 6.21. The van der Waals surface area contributed by atoms with Gasteiger partial charge in [0.15, 0.2) is 5.75 Å². The van der Waals surface area contributed by atoms with Crippen LogP contribution in [0.15, 0.2) is 78.3 Å². The molecule has 0 radical (unpaired) electrons. The molecule has 0 atom stereocenters. The standard InChI is InChI=1S/C20H14N2O14S4.2Na/c23-15-7-12(37(25,26)27)4-10-5-17(40(34,35)36)19(20(24)18(10)15)22-21-11-2-1-9-3-13(38(28,29)30)8-16(14(9)6-11)39(31,32)33;;/h1-8,23-24H,(H,25,26,27)(H,28,29,30)(H,31,32,33)(H,34,35,36);;/q;2*+1/p-2. The molecule has 42 heavy (non-hydrogen) atoms. The van der Waals surface area contributed by atoms with Gasteiger partial charge in [0.1, 0.15) is 36.6 Å². The third kappa shape index (κ3) is 7.47. The molecule has 0 aromatic heterocycles. The summed E-state index contributed by atoms with van der Waals surface area (Å²) in [6.45, 7) is 0. The van der Waals surface area contributed by atoms with E-state index in [4.69, 9.17) is 0 Å². The number of phenolic OH excluding ortho intramolecular Hbond substituents is 2. The second-order valence-electron chi connectivity index (χ2n) is 8.00. The van der Waals surface area contributed by atoms with Gasteiger partial charge < -0.3 is 19.3 Å². The number of aromatic hydroxyl groups is 2. The number of rotatable bonds is 6. The minimum Gasteiger partial charge on any atom is -0.744 e. The molecule has 0 bridgehead atoms. The maximum absolute atomic E-state index is 11.9. The number of phenols is 2. The summed E-state index contributed by atoms with van der Waals surface area (Å²) < 4.78 is 135. The summed E-state index contributed by atoms with van der Waals surface area (Å²) in [6, 6.07) is 6.08. The zero-order valence-corrected chi connectivity index (χ0v) is 28.3. The molecule has 4 aromatic rings. The molecular weight excluding hydrogens is 666 g/mol. The van der Waals surface area contributed by atoms with Crippen molar-refractivity contribution in [1.29, 1.82) is 0 Å². The number of hydrogen-bond acceptors (Lipinski definition) is 14. The molecule has 4 rings (SSSR count). The van der Waals surface area contributed by atoms with Crippen molar-refractivity contribution < 1.29 is 121 Å². The third-order valence-electron chi connectivity index (χ3n) is 5.38. The van der Waals surface area contributed by atoms with Gasteiger partial charge >= 0.3 is 59.1 Å². The van der Waals surface area contributed by atoms with Crippen LogP contribution in [0.5, 0.6) is 11.5 Å². The molecule has 212 valence electrons. The van der Waals surface area contributed by atoms with Crippen molar-refractivity contribution in [1.82, 2.24) is 0 Å². The molecule has 0 saturated carbocycles. The van der Waals surface area contributed by atoms with Crippen molar-refractivity contribution in [3.05, 3.63) is 48.5 Å². The van der Waals surface area contributed by atoms with E-state index in [-0.39, 0.29) is 75.6 Å². The van der Waals surface area contributed by atoms with Crippen molar-refractivity contribution in [2.45, 2.75) is 19.6 Å². The Bertz CT molecular complexity index is 2240. The van der Waals surface area contributed by atoms with Crippen LogP contribution in [0.25, 0.3) is 21.5 Å². The van der Waals surface area contributed by atoms with Crippen LogP contribution in [-0.2, 0) is 40.5 Å².